The quantitative estimate of drug-likeness (QED) is 0.848. The summed E-state index contributed by atoms with van der Waals surface area (Å²) < 4.78 is 0. The zero-order valence-corrected chi connectivity index (χ0v) is 11.9. The summed E-state index contributed by atoms with van der Waals surface area (Å²) in [5.74, 6) is 0.686. The van der Waals surface area contributed by atoms with Gasteiger partial charge in [-0.05, 0) is 38.0 Å². The van der Waals surface area contributed by atoms with Crippen molar-refractivity contribution >= 4 is 23.1 Å². The summed E-state index contributed by atoms with van der Waals surface area (Å²) in [7, 11) is 0. The van der Waals surface area contributed by atoms with Crippen LogP contribution in [0.3, 0.4) is 0 Å². The van der Waals surface area contributed by atoms with E-state index in [-0.39, 0.29) is 5.91 Å². The van der Waals surface area contributed by atoms with Crippen LogP contribution in [0, 0.1) is 0 Å². The highest BCUT2D eigenvalue weighted by Crippen LogP contribution is 2.45. The first-order valence-electron chi connectivity index (χ1n) is 7.33. The van der Waals surface area contributed by atoms with Crippen LogP contribution < -0.4 is 9.80 Å². The van der Waals surface area contributed by atoms with Crippen molar-refractivity contribution in [2.24, 2.45) is 0 Å². The lowest BCUT2D eigenvalue weighted by molar-refractivity contribution is 0.0989. The molecule has 2 aromatic rings. The number of carbonyl (C=O) groups is 1. The highest BCUT2D eigenvalue weighted by molar-refractivity contribution is 6.13. The number of nitrogens with zero attached hydrogens (tertiary/aromatic N) is 4. The molecule has 1 fully saturated rings. The number of hydrogen-bond donors (Lipinski definition) is 0. The van der Waals surface area contributed by atoms with Crippen LogP contribution in [0.5, 0.6) is 0 Å². The van der Waals surface area contributed by atoms with Crippen molar-refractivity contribution in [3.63, 3.8) is 0 Å². The number of carbonyl (C=O) groups excluding carboxylic acids is 1. The minimum absolute atomic E-state index is 0.00185. The third-order valence-corrected chi connectivity index (χ3v) is 4.07. The van der Waals surface area contributed by atoms with Crippen molar-refractivity contribution in [3.8, 4) is 0 Å². The number of para-hydroxylation sites is 2. The minimum Gasteiger partial charge on any atom is -0.319 e. The maximum atomic E-state index is 12.9. The minimum atomic E-state index is -0.00185. The van der Waals surface area contributed by atoms with Gasteiger partial charge in [-0.3, -0.25) is 4.79 Å². The van der Waals surface area contributed by atoms with Crippen LogP contribution in [-0.2, 0) is 0 Å². The molecule has 1 saturated carbocycles. The maximum Gasteiger partial charge on any atom is 0.262 e. The molecule has 1 aliphatic carbocycles. The molecule has 5 heteroatoms. The highest BCUT2D eigenvalue weighted by atomic mass is 16.2. The summed E-state index contributed by atoms with van der Waals surface area (Å²) in [6.07, 6.45) is 3.85. The van der Waals surface area contributed by atoms with Crippen LogP contribution in [0.4, 0.5) is 17.2 Å². The number of aromatic nitrogens is 2. The molecular formula is C16H16N4O. The smallest absolute Gasteiger partial charge is 0.262 e. The van der Waals surface area contributed by atoms with E-state index in [4.69, 9.17) is 0 Å². The van der Waals surface area contributed by atoms with E-state index in [9.17, 15) is 4.79 Å². The highest BCUT2D eigenvalue weighted by Gasteiger charge is 2.38. The van der Waals surface area contributed by atoms with E-state index in [0.29, 0.717) is 24.0 Å². The fourth-order valence-electron chi connectivity index (χ4n) is 2.95. The van der Waals surface area contributed by atoms with Crippen LogP contribution in [0.1, 0.15) is 30.1 Å². The Kier molecular flexibility index (Phi) is 2.67. The first-order chi connectivity index (χ1) is 10.3. The van der Waals surface area contributed by atoms with Crippen molar-refractivity contribution in [2.45, 2.75) is 25.8 Å². The summed E-state index contributed by atoms with van der Waals surface area (Å²) in [4.78, 5) is 16.9. The van der Waals surface area contributed by atoms with E-state index < -0.39 is 0 Å². The van der Waals surface area contributed by atoms with E-state index in [1.165, 1.54) is 0 Å². The first-order valence-corrected chi connectivity index (χ1v) is 7.33. The Balaban J connectivity index is 2.01. The molecule has 1 amide bonds. The second-order valence-corrected chi connectivity index (χ2v) is 5.41. The molecule has 106 valence electrons. The number of fused-ring (bicyclic) bond motifs is 2. The van der Waals surface area contributed by atoms with E-state index in [1.54, 1.807) is 12.3 Å². The molecule has 0 N–H and O–H groups in total. The predicted molar refractivity (Wildman–Crippen MR) is 81.0 cm³/mol. The molecule has 5 nitrogen and oxygen atoms in total. The number of hydrogen-bond acceptors (Lipinski definition) is 4. The maximum absolute atomic E-state index is 12.9. The molecule has 0 radical (unpaired) electrons. The van der Waals surface area contributed by atoms with E-state index >= 15 is 0 Å². The van der Waals surface area contributed by atoms with Crippen molar-refractivity contribution in [1.82, 2.24) is 10.2 Å². The molecule has 0 atom stereocenters. The average molecular weight is 280 g/mol. The molecule has 2 aliphatic rings. The molecule has 0 saturated heterocycles. The third-order valence-electron chi connectivity index (χ3n) is 4.07. The van der Waals surface area contributed by atoms with Crippen molar-refractivity contribution < 1.29 is 4.79 Å². The zero-order valence-electron chi connectivity index (χ0n) is 11.9. The molecule has 4 rings (SSSR count). The molecule has 1 aliphatic heterocycles. The SMILES string of the molecule is CCN1C(=O)c2ccnnc2N(C2CC2)c2ccccc21. The Morgan fingerprint density at radius 2 is 1.95 bits per heavy atom. The Labute approximate surface area is 123 Å². The van der Waals surface area contributed by atoms with Gasteiger partial charge in [0.05, 0.1) is 23.1 Å². The molecule has 21 heavy (non-hydrogen) atoms. The number of anilines is 3. The second-order valence-electron chi connectivity index (χ2n) is 5.41. The van der Waals surface area contributed by atoms with Crippen LogP contribution >= 0.6 is 0 Å². The summed E-state index contributed by atoms with van der Waals surface area (Å²) in [5.41, 5.74) is 2.64. The standard InChI is InChI=1S/C16H16N4O/c1-2-19-13-5-3-4-6-14(13)20(11-7-8-11)15-12(16(19)21)9-10-17-18-15/h3-6,9-11H,2,7-8H2,1H3. The monoisotopic (exact) mass is 280 g/mol. The average Bonchev–Trinajstić information content (AvgIpc) is 3.34. The molecule has 2 heterocycles. The predicted octanol–water partition coefficient (Wildman–Crippen LogP) is 2.76. The Hall–Kier alpha value is -2.43. The van der Waals surface area contributed by atoms with Crippen molar-refractivity contribution in [1.29, 1.82) is 0 Å². The number of rotatable bonds is 2. The Bertz CT molecular complexity index is 711. The number of benzene rings is 1. The fraction of sp³-hybridized carbons (Fsp3) is 0.312. The first kappa shape index (κ1) is 12.3. The van der Waals surface area contributed by atoms with Crippen LogP contribution in [0.15, 0.2) is 36.5 Å². The molecular weight excluding hydrogens is 264 g/mol. The topological polar surface area (TPSA) is 49.3 Å². The van der Waals surface area contributed by atoms with Gasteiger partial charge in [0.1, 0.15) is 0 Å². The lowest BCUT2D eigenvalue weighted by Gasteiger charge is -2.25. The van der Waals surface area contributed by atoms with Gasteiger partial charge in [0.15, 0.2) is 5.82 Å². The fourth-order valence-corrected chi connectivity index (χ4v) is 2.95. The molecule has 0 bridgehead atoms. The van der Waals surface area contributed by atoms with Gasteiger partial charge in [-0.1, -0.05) is 12.1 Å². The van der Waals surface area contributed by atoms with Gasteiger partial charge >= 0.3 is 0 Å². The Morgan fingerprint density at radius 1 is 1.19 bits per heavy atom. The van der Waals surface area contributed by atoms with Crippen LogP contribution in [0.25, 0.3) is 0 Å². The van der Waals surface area contributed by atoms with E-state index in [0.717, 1.165) is 24.2 Å². The molecule has 0 spiro atoms. The molecule has 1 aromatic heterocycles. The van der Waals surface area contributed by atoms with E-state index in [2.05, 4.69) is 21.2 Å². The number of amides is 1. The second kappa shape index (κ2) is 4.55. The van der Waals surface area contributed by atoms with Crippen LogP contribution in [0.2, 0.25) is 0 Å². The third kappa shape index (κ3) is 1.81. The largest absolute Gasteiger partial charge is 0.319 e. The summed E-state index contributed by atoms with van der Waals surface area (Å²) in [6.45, 7) is 2.63. The zero-order chi connectivity index (χ0) is 14.4. The van der Waals surface area contributed by atoms with Gasteiger partial charge in [-0.25, -0.2) is 0 Å². The summed E-state index contributed by atoms with van der Waals surface area (Å²) in [6, 6.07) is 10.2. The molecule has 0 unspecified atom stereocenters. The van der Waals surface area contributed by atoms with Crippen LogP contribution in [-0.4, -0.2) is 28.7 Å². The Morgan fingerprint density at radius 3 is 2.67 bits per heavy atom. The van der Waals surface area contributed by atoms with Gasteiger partial charge in [0.2, 0.25) is 0 Å². The molecule has 1 aromatic carbocycles. The van der Waals surface area contributed by atoms with Gasteiger partial charge in [-0.15, -0.1) is 5.10 Å². The summed E-state index contributed by atoms with van der Waals surface area (Å²) in [5, 5.41) is 8.26. The van der Waals surface area contributed by atoms with Crippen molar-refractivity contribution in [3.05, 3.63) is 42.1 Å². The lowest BCUT2D eigenvalue weighted by atomic mass is 10.2. The van der Waals surface area contributed by atoms with Gasteiger partial charge in [0, 0.05) is 12.6 Å². The van der Waals surface area contributed by atoms with Crippen molar-refractivity contribution in [2.75, 3.05) is 16.3 Å². The lowest BCUT2D eigenvalue weighted by Crippen LogP contribution is -2.29. The summed E-state index contributed by atoms with van der Waals surface area (Å²) >= 11 is 0. The normalized spacial score (nSPS) is 17.3. The van der Waals surface area contributed by atoms with Gasteiger partial charge in [0.25, 0.3) is 5.91 Å². The van der Waals surface area contributed by atoms with E-state index in [1.807, 2.05) is 30.0 Å². The van der Waals surface area contributed by atoms with Gasteiger partial charge in [-0.2, -0.15) is 5.10 Å². The van der Waals surface area contributed by atoms with Gasteiger partial charge < -0.3 is 9.80 Å².